The van der Waals surface area contributed by atoms with E-state index in [-0.39, 0.29) is 11.9 Å². The molecule has 1 aliphatic rings. The molecular weight excluding hydrogens is 328 g/mol. The number of carbonyl (C=O) groups is 1. The van der Waals surface area contributed by atoms with Crippen LogP contribution in [0.2, 0.25) is 0 Å². The third kappa shape index (κ3) is 2.49. The Balaban J connectivity index is 1.92. The first kappa shape index (κ1) is 14.3. The average Bonchev–Trinajstić information content (AvgIpc) is 2.53. The monoisotopic (exact) mass is 344 g/mol. The number of β-lactam (4-membered cyclic amide) rings is 1. The maximum absolute atomic E-state index is 12.2. The van der Waals surface area contributed by atoms with Crippen molar-refractivity contribution in [3.8, 4) is 0 Å². The van der Waals surface area contributed by atoms with Gasteiger partial charge in [0.25, 0.3) is 0 Å². The van der Waals surface area contributed by atoms with Gasteiger partial charge >= 0.3 is 0 Å². The molecular formula is C17H17BrN2O. The van der Waals surface area contributed by atoms with Gasteiger partial charge in [0.15, 0.2) is 0 Å². The van der Waals surface area contributed by atoms with Gasteiger partial charge in [0, 0.05) is 10.2 Å². The maximum Gasteiger partial charge on any atom is 0.247 e. The number of benzene rings is 2. The van der Waals surface area contributed by atoms with Crippen molar-refractivity contribution in [3.63, 3.8) is 0 Å². The topological polar surface area (TPSA) is 46.3 Å². The Morgan fingerprint density at radius 3 is 2.29 bits per heavy atom. The number of halogens is 1. The van der Waals surface area contributed by atoms with Gasteiger partial charge in [-0.1, -0.05) is 47.1 Å². The predicted octanol–water partition coefficient (Wildman–Crippen LogP) is 3.43. The minimum atomic E-state index is -0.461. The molecule has 2 atom stereocenters. The number of hydrogen-bond acceptors (Lipinski definition) is 2. The summed E-state index contributed by atoms with van der Waals surface area (Å²) in [6, 6.07) is 15.5. The zero-order chi connectivity index (χ0) is 15.0. The SMILES string of the molecule is CCc1ccc(N2C(=O)[C@@H](N)[C@@H]2c2ccc(Br)cc2)cc1. The molecule has 0 bridgehead atoms. The predicted molar refractivity (Wildman–Crippen MR) is 88.2 cm³/mol. The van der Waals surface area contributed by atoms with E-state index in [2.05, 4.69) is 35.0 Å². The zero-order valence-corrected chi connectivity index (χ0v) is 13.4. The molecule has 2 aromatic rings. The maximum atomic E-state index is 12.2. The zero-order valence-electron chi connectivity index (χ0n) is 11.8. The minimum absolute atomic E-state index is 0.0211. The van der Waals surface area contributed by atoms with Gasteiger partial charge in [-0.3, -0.25) is 4.79 Å². The Bertz CT molecular complexity index is 651. The number of aryl methyl sites for hydroxylation is 1. The van der Waals surface area contributed by atoms with Crippen LogP contribution in [0.5, 0.6) is 0 Å². The van der Waals surface area contributed by atoms with E-state index in [1.807, 2.05) is 36.4 Å². The molecule has 0 aliphatic carbocycles. The first-order valence-corrected chi connectivity index (χ1v) is 7.84. The number of carbonyl (C=O) groups excluding carboxylic acids is 1. The van der Waals surface area contributed by atoms with Crippen LogP contribution in [0.1, 0.15) is 24.1 Å². The molecule has 2 N–H and O–H groups in total. The molecule has 4 heteroatoms. The fraction of sp³-hybridized carbons (Fsp3) is 0.235. The first-order chi connectivity index (χ1) is 10.1. The van der Waals surface area contributed by atoms with Crippen LogP contribution < -0.4 is 10.6 Å². The van der Waals surface area contributed by atoms with E-state index in [9.17, 15) is 4.79 Å². The number of nitrogens with two attached hydrogens (primary N) is 1. The van der Waals surface area contributed by atoms with E-state index in [1.165, 1.54) is 5.56 Å². The summed E-state index contributed by atoms with van der Waals surface area (Å²) in [7, 11) is 0. The molecule has 0 saturated carbocycles. The second-order valence-corrected chi connectivity index (χ2v) is 6.17. The highest BCUT2D eigenvalue weighted by molar-refractivity contribution is 9.10. The summed E-state index contributed by atoms with van der Waals surface area (Å²) in [6.45, 7) is 2.12. The Labute approximate surface area is 132 Å². The molecule has 1 aliphatic heterocycles. The summed E-state index contributed by atoms with van der Waals surface area (Å²) in [6.07, 6.45) is 0.990. The summed E-state index contributed by atoms with van der Waals surface area (Å²) in [5.74, 6) is -0.0211. The highest BCUT2D eigenvalue weighted by Crippen LogP contribution is 2.38. The molecule has 0 spiro atoms. The number of rotatable bonds is 3. The molecule has 3 rings (SSSR count). The highest BCUT2D eigenvalue weighted by atomic mass is 79.9. The smallest absolute Gasteiger partial charge is 0.247 e. The van der Waals surface area contributed by atoms with Crippen LogP contribution in [-0.4, -0.2) is 11.9 Å². The quantitative estimate of drug-likeness (QED) is 0.867. The largest absolute Gasteiger partial charge is 0.318 e. The lowest BCUT2D eigenvalue weighted by Crippen LogP contribution is -2.63. The van der Waals surface area contributed by atoms with Gasteiger partial charge < -0.3 is 10.6 Å². The van der Waals surface area contributed by atoms with Crippen molar-refractivity contribution in [2.24, 2.45) is 5.73 Å². The normalized spacial score (nSPS) is 21.3. The number of nitrogens with zero attached hydrogens (tertiary/aromatic N) is 1. The van der Waals surface area contributed by atoms with Crippen LogP contribution in [-0.2, 0) is 11.2 Å². The van der Waals surface area contributed by atoms with Crippen molar-refractivity contribution in [2.45, 2.75) is 25.4 Å². The van der Waals surface area contributed by atoms with E-state index in [0.717, 1.165) is 22.1 Å². The molecule has 0 aromatic heterocycles. The van der Waals surface area contributed by atoms with Gasteiger partial charge in [-0.15, -0.1) is 0 Å². The van der Waals surface area contributed by atoms with Crippen LogP contribution in [0, 0.1) is 0 Å². The van der Waals surface area contributed by atoms with E-state index >= 15 is 0 Å². The van der Waals surface area contributed by atoms with E-state index in [0.29, 0.717) is 0 Å². The molecule has 3 nitrogen and oxygen atoms in total. The van der Waals surface area contributed by atoms with Crippen molar-refractivity contribution >= 4 is 27.5 Å². The highest BCUT2D eigenvalue weighted by Gasteiger charge is 2.46. The van der Waals surface area contributed by atoms with Gasteiger partial charge in [-0.05, 0) is 41.8 Å². The van der Waals surface area contributed by atoms with Crippen LogP contribution >= 0.6 is 15.9 Å². The number of anilines is 1. The average molecular weight is 345 g/mol. The molecule has 21 heavy (non-hydrogen) atoms. The Hall–Kier alpha value is -1.65. The standard InChI is InChI=1S/C17H17BrN2O/c1-2-11-3-9-14(10-4-11)20-16(15(19)17(20)21)12-5-7-13(18)8-6-12/h3-10,15-16H,2,19H2,1H3/t15-,16-/m0/s1. The van der Waals surface area contributed by atoms with Crippen LogP contribution in [0.15, 0.2) is 53.0 Å². The summed E-state index contributed by atoms with van der Waals surface area (Å²) in [5, 5.41) is 0. The van der Waals surface area contributed by atoms with Crippen LogP contribution in [0.25, 0.3) is 0 Å². The van der Waals surface area contributed by atoms with Crippen molar-refractivity contribution in [1.82, 2.24) is 0 Å². The van der Waals surface area contributed by atoms with Gasteiger partial charge in [0.05, 0.1) is 6.04 Å². The number of amides is 1. The summed E-state index contributed by atoms with van der Waals surface area (Å²) in [5.41, 5.74) is 9.25. The van der Waals surface area contributed by atoms with Crippen LogP contribution in [0.4, 0.5) is 5.69 Å². The van der Waals surface area contributed by atoms with Gasteiger partial charge in [0.2, 0.25) is 5.91 Å². The molecule has 108 valence electrons. The van der Waals surface area contributed by atoms with Crippen molar-refractivity contribution in [2.75, 3.05) is 4.90 Å². The lowest BCUT2D eigenvalue weighted by Gasteiger charge is -2.45. The third-order valence-corrected chi connectivity index (χ3v) is 4.50. The van der Waals surface area contributed by atoms with E-state index < -0.39 is 6.04 Å². The van der Waals surface area contributed by atoms with Gasteiger partial charge in [-0.25, -0.2) is 0 Å². The second kappa shape index (κ2) is 5.62. The summed E-state index contributed by atoms with van der Waals surface area (Å²) < 4.78 is 1.02. The molecule has 1 amide bonds. The van der Waals surface area contributed by atoms with Crippen molar-refractivity contribution in [1.29, 1.82) is 0 Å². The fourth-order valence-corrected chi connectivity index (χ4v) is 2.97. The third-order valence-electron chi connectivity index (χ3n) is 3.98. The van der Waals surface area contributed by atoms with Crippen molar-refractivity contribution < 1.29 is 4.79 Å². The first-order valence-electron chi connectivity index (χ1n) is 7.05. The number of hydrogen-bond donors (Lipinski definition) is 1. The fourth-order valence-electron chi connectivity index (χ4n) is 2.71. The summed E-state index contributed by atoms with van der Waals surface area (Å²) >= 11 is 3.43. The molecule has 0 radical (unpaired) electrons. The minimum Gasteiger partial charge on any atom is -0.318 e. The molecule has 1 saturated heterocycles. The Kier molecular flexibility index (Phi) is 3.83. The Morgan fingerprint density at radius 1 is 1.10 bits per heavy atom. The second-order valence-electron chi connectivity index (χ2n) is 5.25. The van der Waals surface area contributed by atoms with Gasteiger partial charge in [0.1, 0.15) is 6.04 Å². The summed E-state index contributed by atoms with van der Waals surface area (Å²) in [4.78, 5) is 13.9. The lowest BCUT2D eigenvalue weighted by molar-refractivity contribution is -0.126. The molecule has 1 heterocycles. The molecule has 2 aromatic carbocycles. The lowest BCUT2D eigenvalue weighted by atomic mass is 9.88. The molecule has 0 unspecified atom stereocenters. The van der Waals surface area contributed by atoms with E-state index in [1.54, 1.807) is 4.90 Å². The van der Waals surface area contributed by atoms with Crippen molar-refractivity contribution in [3.05, 3.63) is 64.1 Å². The Morgan fingerprint density at radius 2 is 1.71 bits per heavy atom. The molecule has 1 fully saturated rings. The van der Waals surface area contributed by atoms with E-state index in [4.69, 9.17) is 5.73 Å². The van der Waals surface area contributed by atoms with Crippen LogP contribution in [0.3, 0.4) is 0 Å². The van der Waals surface area contributed by atoms with Gasteiger partial charge in [-0.2, -0.15) is 0 Å².